The van der Waals surface area contributed by atoms with Crippen molar-refractivity contribution in [3.63, 3.8) is 0 Å². The molecule has 3 aromatic rings. The fourth-order valence-corrected chi connectivity index (χ4v) is 2.60. The molecule has 0 saturated carbocycles. The van der Waals surface area contributed by atoms with Gasteiger partial charge in [-0.2, -0.15) is 4.98 Å². The number of hydrogen-bond donors (Lipinski definition) is 1. The summed E-state index contributed by atoms with van der Waals surface area (Å²) in [6.45, 7) is 2.06. The molecule has 0 bridgehead atoms. The van der Waals surface area contributed by atoms with Gasteiger partial charge in [-0.15, -0.1) is 0 Å². The summed E-state index contributed by atoms with van der Waals surface area (Å²) >= 11 is 7.18. The van der Waals surface area contributed by atoms with E-state index in [1.165, 1.54) is 6.07 Å². The number of H-pyrrole nitrogens is 1. The second-order valence-electron chi connectivity index (χ2n) is 4.03. The van der Waals surface area contributed by atoms with Crippen LogP contribution in [0.2, 0.25) is 0 Å². The lowest BCUT2D eigenvalue weighted by molar-refractivity contribution is 0.386. The fourth-order valence-electron chi connectivity index (χ4n) is 1.86. The Balaban J connectivity index is 2.15. The number of imidazole rings is 1. The molecule has 3 rings (SSSR count). The van der Waals surface area contributed by atoms with Crippen LogP contribution in [-0.4, -0.2) is 19.7 Å². The van der Waals surface area contributed by atoms with E-state index in [4.69, 9.17) is 16.7 Å². The molecule has 0 fully saturated rings. The minimum Gasteiger partial charge on any atom is -0.340 e. The van der Waals surface area contributed by atoms with Gasteiger partial charge in [-0.25, -0.2) is 4.39 Å². The van der Waals surface area contributed by atoms with Gasteiger partial charge in [0.25, 0.3) is 0 Å². The zero-order chi connectivity index (χ0) is 13.6. The molecular weight excluding hydrogens is 382 g/mol. The molecule has 0 aliphatic carbocycles. The van der Waals surface area contributed by atoms with Gasteiger partial charge in [-0.05, 0) is 40.9 Å². The highest BCUT2D eigenvalue weighted by atomic mass is 127. The minimum atomic E-state index is -0.278. The van der Waals surface area contributed by atoms with Crippen LogP contribution in [-0.2, 0) is 6.54 Å². The lowest BCUT2D eigenvalue weighted by Gasteiger charge is -2.01. The maximum atomic E-state index is 13.7. The monoisotopic (exact) mass is 390 g/mol. The molecule has 1 aromatic carbocycles. The third-order valence-electron chi connectivity index (χ3n) is 2.69. The number of nitrogens with zero attached hydrogens (tertiary/aromatic N) is 3. The third kappa shape index (κ3) is 2.29. The van der Waals surface area contributed by atoms with Crippen molar-refractivity contribution in [3.8, 4) is 0 Å². The Morgan fingerprint density at radius 3 is 3.00 bits per heavy atom. The van der Waals surface area contributed by atoms with Crippen molar-refractivity contribution in [1.82, 2.24) is 19.7 Å². The van der Waals surface area contributed by atoms with E-state index in [0.717, 1.165) is 5.52 Å². The van der Waals surface area contributed by atoms with Gasteiger partial charge in [-0.3, -0.25) is 0 Å². The number of benzene rings is 1. The number of rotatable bonds is 2. The van der Waals surface area contributed by atoms with E-state index in [9.17, 15) is 4.39 Å². The Labute approximate surface area is 126 Å². The van der Waals surface area contributed by atoms with Gasteiger partial charge >= 0.3 is 0 Å². The summed E-state index contributed by atoms with van der Waals surface area (Å²) in [4.78, 5) is 7.16. The normalized spacial score (nSPS) is 11.3. The summed E-state index contributed by atoms with van der Waals surface area (Å²) < 4.78 is 21.4. The van der Waals surface area contributed by atoms with Crippen LogP contribution in [0.25, 0.3) is 11.0 Å². The Morgan fingerprint density at radius 1 is 1.53 bits per heavy atom. The smallest absolute Gasteiger partial charge is 0.223 e. The summed E-state index contributed by atoms with van der Waals surface area (Å²) in [5.74, 6) is 0.718. The van der Waals surface area contributed by atoms with Crippen molar-refractivity contribution in [1.29, 1.82) is 0 Å². The van der Waals surface area contributed by atoms with Gasteiger partial charge in [0.15, 0.2) is 10.6 Å². The first-order chi connectivity index (χ1) is 9.04. The van der Waals surface area contributed by atoms with Crippen LogP contribution < -0.4 is 0 Å². The number of nitrogens with one attached hydrogen (secondary N) is 1. The van der Waals surface area contributed by atoms with Crippen molar-refractivity contribution >= 4 is 45.8 Å². The first-order valence-electron chi connectivity index (χ1n) is 5.41. The van der Waals surface area contributed by atoms with E-state index in [0.29, 0.717) is 32.1 Å². The highest BCUT2D eigenvalue weighted by Crippen LogP contribution is 2.21. The van der Waals surface area contributed by atoms with Crippen molar-refractivity contribution in [2.75, 3.05) is 0 Å². The van der Waals surface area contributed by atoms with Gasteiger partial charge in [0, 0.05) is 13.0 Å². The fraction of sp³-hybridized carbons (Fsp3) is 0.182. The molecule has 0 radical (unpaired) electrons. The predicted molar refractivity (Wildman–Crippen MR) is 77.9 cm³/mol. The van der Waals surface area contributed by atoms with Gasteiger partial charge in [0.2, 0.25) is 5.89 Å². The number of hydrogen-bond acceptors (Lipinski definition) is 4. The third-order valence-corrected chi connectivity index (χ3v) is 3.83. The molecule has 0 amide bonds. The summed E-state index contributed by atoms with van der Waals surface area (Å²) in [6, 6.07) is 3.18. The molecule has 19 heavy (non-hydrogen) atoms. The van der Waals surface area contributed by atoms with Crippen LogP contribution in [0.4, 0.5) is 4.39 Å². The number of aryl methyl sites for hydroxylation is 1. The van der Waals surface area contributed by atoms with Gasteiger partial charge < -0.3 is 14.1 Å². The molecule has 8 heteroatoms. The highest BCUT2D eigenvalue weighted by Gasteiger charge is 2.11. The molecule has 0 aliphatic heterocycles. The Morgan fingerprint density at radius 2 is 2.32 bits per heavy atom. The van der Waals surface area contributed by atoms with E-state index in [1.54, 1.807) is 17.6 Å². The standard InChI is InChI=1S/C11H8FIN4OS/c1-5-14-10(16-18-5)4-17-9-2-6(12)7(13)3-8(9)15-11(17)19/h2-3H,4H2,1H3,(H,15,19). The van der Waals surface area contributed by atoms with Crippen molar-refractivity contribution in [2.24, 2.45) is 0 Å². The molecule has 0 unspecified atom stereocenters. The molecule has 5 nitrogen and oxygen atoms in total. The van der Waals surface area contributed by atoms with Gasteiger partial charge in [0.1, 0.15) is 5.82 Å². The van der Waals surface area contributed by atoms with Crippen LogP contribution in [0, 0.1) is 21.1 Å². The largest absolute Gasteiger partial charge is 0.340 e. The molecular formula is C11H8FIN4OS. The van der Waals surface area contributed by atoms with Crippen LogP contribution in [0.5, 0.6) is 0 Å². The number of aromatic amines is 1. The predicted octanol–water partition coefficient (Wildman–Crippen LogP) is 3.18. The Kier molecular flexibility index (Phi) is 3.13. The summed E-state index contributed by atoms with van der Waals surface area (Å²) in [5.41, 5.74) is 1.47. The number of aromatic nitrogens is 4. The number of fused-ring (bicyclic) bond motifs is 1. The van der Waals surface area contributed by atoms with Crippen LogP contribution in [0.3, 0.4) is 0 Å². The lowest BCUT2D eigenvalue weighted by Crippen LogP contribution is -2.01. The second kappa shape index (κ2) is 4.67. The summed E-state index contributed by atoms with van der Waals surface area (Å²) in [6.07, 6.45) is 0. The Hall–Kier alpha value is -1.29. The molecule has 0 aliphatic rings. The number of halogens is 2. The molecule has 2 aromatic heterocycles. The quantitative estimate of drug-likeness (QED) is 0.540. The molecule has 0 saturated heterocycles. The van der Waals surface area contributed by atoms with Crippen LogP contribution in [0.15, 0.2) is 16.7 Å². The maximum Gasteiger partial charge on any atom is 0.223 e. The Bertz CT molecular complexity index is 822. The van der Waals surface area contributed by atoms with Gasteiger partial charge in [-0.1, -0.05) is 5.16 Å². The van der Waals surface area contributed by atoms with Gasteiger partial charge in [0.05, 0.1) is 21.1 Å². The van der Waals surface area contributed by atoms with E-state index >= 15 is 0 Å². The highest BCUT2D eigenvalue weighted by molar-refractivity contribution is 14.1. The molecule has 98 valence electrons. The first kappa shape index (κ1) is 12.7. The van der Waals surface area contributed by atoms with Crippen molar-refractivity contribution in [3.05, 3.63) is 38.0 Å². The van der Waals surface area contributed by atoms with E-state index in [1.807, 2.05) is 22.6 Å². The van der Waals surface area contributed by atoms with Crippen LogP contribution in [0.1, 0.15) is 11.7 Å². The summed E-state index contributed by atoms with van der Waals surface area (Å²) in [7, 11) is 0. The maximum absolute atomic E-state index is 13.7. The first-order valence-corrected chi connectivity index (χ1v) is 6.90. The van der Waals surface area contributed by atoms with E-state index < -0.39 is 0 Å². The average molecular weight is 390 g/mol. The molecule has 1 N–H and O–H groups in total. The molecule has 2 heterocycles. The zero-order valence-corrected chi connectivity index (χ0v) is 12.7. The van der Waals surface area contributed by atoms with Crippen LogP contribution >= 0.6 is 34.8 Å². The lowest BCUT2D eigenvalue weighted by atomic mass is 10.3. The van der Waals surface area contributed by atoms with Crippen molar-refractivity contribution in [2.45, 2.75) is 13.5 Å². The minimum absolute atomic E-state index is 0.278. The van der Waals surface area contributed by atoms with E-state index in [-0.39, 0.29) is 5.82 Å². The topological polar surface area (TPSA) is 59.6 Å². The zero-order valence-electron chi connectivity index (χ0n) is 9.78. The van der Waals surface area contributed by atoms with E-state index in [2.05, 4.69) is 15.1 Å². The molecule has 0 spiro atoms. The SMILES string of the molecule is Cc1nc(Cn2c(=S)[nH]c3cc(I)c(F)cc32)no1. The average Bonchev–Trinajstić information content (AvgIpc) is 2.87. The summed E-state index contributed by atoms with van der Waals surface area (Å²) in [5, 5.41) is 3.82. The van der Waals surface area contributed by atoms with Crippen molar-refractivity contribution < 1.29 is 8.91 Å². The molecule has 0 atom stereocenters. The second-order valence-corrected chi connectivity index (χ2v) is 5.58.